The minimum atomic E-state index is -0.155. The van der Waals surface area contributed by atoms with Crippen LogP contribution >= 0.6 is 0 Å². The van der Waals surface area contributed by atoms with Gasteiger partial charge in [0.25, 0.3) is 0 Å². The van der Waals surface area contributed by atoms with Crippen molar-refractivity contribution < 1.29 is 14.6 Å². The number of aryl methyl sites for hydroxylation is 1. The number of hydrogen-bond donors (Lipinski definition) is 2. The summed E-state index contributed by atoms with van der Waals surface area (Å²) in [6, 6.07) is 12.4. The molecule has 20 heavy (non-hydrogen) atoms. The highest BCUT2D eigenvalue weighted by Crippen LogP contribution is 2.22. The Kier molecular flexibility index (Phi) is 4.25. The van der Waals surface area contributed by atoms with Gasteiger partial charge < -0.3 is 15.2 Å². The smallest absolute Gasteiger partial charge is 0.228 e. The molecule has 1 amide bonds. The lowest BCUT2D eigenvalue weighted by molar-refractivity contribution is -0.115. The van der Waals surface area contributed by atoms with Crippen molar-refractivity contribution in [3.8, 4) is 11.5 Å². The van der Waals surface area contributed by atoms with Gasteiger partial charge in [0.1, 0.15) is 11.5 Å². The van der Waals surface area contributed by atoms with Crippen molar-refractivity contribution in [2.45, 2.75) is 13.3 Å². The van der Waals surface area contributed by atoms with E-state index in [0.29, 0.717) is 11.4 Å². The second kappa shape index (κ2) is 6.10. The van der Waals surface area contributed by atoms with E-state index in [1.54, 1.807) is 26.2 Å². The van der Waals surface area contributed by atoms with Gasteiger partial charge in [-0.1, -0.05) is 24.3 Å². The van der Waals surface area contributed by atoms with E-state index in [1.807, 2.05) is 24.3 Å². The molecule has 0 unspecified atom stereocenters. The second-order valence-corrected chi connectivity index (χ2v) is 4.54. The standard InChI is InChI=1S/C16H17NO3/c1-11-7-8-13(10-14(11)18)17-16(19)9-12-5-3-4-6-15(12)20-2/h3-8,10,18H,9H2,1-2H3,(H,17,19). The van der Waals surface area contributed by atoms with Crippen molar-refractivity contribution in [1.82, 2.24) is 0 Å². The fraction of sp³-hybridized carbons (Fsp3) is 0.188. The van der Waals surface area contributed by atoms with Crippen LogP contribution in [0, 0.1) is 6.92 Å². The van der Waals surface area contributed by atoms with Gasteiger partial charge in [0, 0.05) is 17.3 Å². The number of anilines is 1. The third-order valence-electron chi connectivity index (χ3n) is 3.04. The van der Waals surface area contributed by atoms with E-state index in [2.05, 4.69) is 5.32 Å². The number of hydrogen-bond acceptors (Lipinski definition) is 3. The fourth-order valence-corrected chi connectivity index (χ4v) is 1.91. The van der Waals surface area contributed by atoms with Crippen LogP contribution in [0.4, 0.5) is 5.69 Å². The van der Waals surface area contributed by atoms with Gasteiger partial charge in [-0.2, -0.15) is 0 Å². The molecule has 0 spiro atoms. The Balaban J connectivity index is 2.07. The first-order valence-electron chi connectivity index (χ1n) is 6.31. The molecule has 2 N–H and O–H groups in total. The maximum absolute atomic E-state index is 12.0. The summed E-state index contributed by atoms with van der Waals surface area (Å²) in [5.41, 5.74) is 2.17. The maximum atomic E-state index is 12.0. The van der Waals surface area contributed by atoms with Crippen LogP contribution in [-0.2, 0) is 11.2 Å². The molecular weight excluding hydrogens is 254 g/mol. The molecule has 0 bridgehead atoms. The molecule has 4 heteroatoms. The van der Waals surface area contributed by atoms with E-state index in [1.165, 1.54) is 6.07 Å². The zero-order valence-corrected chi connectivity index (χ0v) is 11.5. The summed E-state index contributed by atoms with van der Waals surface area (Å²) in [6.45, 7) is 1.80. The first-order chi connectivity index (χ1) is 9.60. The van der Waals surface area contributed by atoms with Crippen molar-refractivity contribution in [2.75, 3.05) is 12.4 Å². The zero-order valence-electron chi connectivity index (χ0n) is 11.5. The van der Waals surface area contributed by atoms with Crippen molar-refractivity contribution >= 4 is 11.6 Å². The number of methoxy groups -OCH3 is 1. The lowest BCUT2D eigenvalue weighted by Crippen LogP contribution is -2.14. The summed E-state index contributed by atoms with van der Waals surface area (Å²) in [5.74, 6) is 0.701. The number of phenols is 1. The van der Waals surface area contributed by atoms with Crippen LogP contribution in [-0.4, -0.2) is 18.1 Å². The molecule has 2 aromatic rings. The molecule has 0 radical (unpaired) electrons. The monoisotopic (exact) mass is 271 g/mol. The van der Waals surface area contributed by atoms with Crippen molar-refractivity contribution in [3.05, 3.63) is 53.6 Å². The SMILES string of the molecule is COc1ccccc1CC(=O)Nc1ccc(C)c(O)c1. The summed E-state index contributed by atoms with van der Waals surface area (Å²) in [5, 5.41) is 12.4. The number of benzene rings is 2. The third-order valence-corrected chi connectivity index (χ3v) is 3.04. The van der Waals surface area contributed by atoms with Crippen LogP contribution in [0.25, 0.3) is 0 Å². The van der Waals surface area contributed by atoms with E-state index in [-0.39, 0.29) is 18.1 Å². The summed E-state index contributed by atoms with van der Waals surface area (Å²) < 4.78 is 5.21. The van der Waals surface area contributed by atoms with Gasteiger partial charge in [0.2, 0.25) is 5.91 Å². The molecule has 104 valence electrons. The van der Waals surface area contributed by atoms with Crippen molar-refractivity contribution in [1.29, 1.82) is 0 Å². The Morgan fingerprint density at radius 3 is 2.70 bits per heavy atom. The minimum Gasteiger partial charge on any atom is -0.508 e. The Bertz CT molecular complexity index is 623. The largest absolute Gasteiger partial charge is 0.508 e. The van der Waals surface area contributed by atoms with Gasteiger partial charge in [-0.25, -0.2) is 0 Å². The molecule has 0 saturated carbocycles. The molecule has 0 saturated heterocycles. The van der Waals surface area contributed by atoms with Crippen molar-refractivity contribution in [3.63, 3.8) is 0 Å². The predicted octanol–water partition coefficient (Wildman–Crippen LogP) is 2.89. The summed E-state index contributed by atoms with van der Waals surface area (Å²) in [4.78, 5) is 12.0. The second-order valence-electron chi connectivity index (χ2n) is 4.54. The Labute approximate surface area is 118 Å². The lowest BCUT2D eigenvalue weighted by atomic mass is 10.1. The molecule has 0 fully saturated rings. The van der Waals surface area contributed by atoms with E-state index in [9.17, 15) is 9.90 Å². The molecule has 0 aliphatic carbocycles. The highest BCUT2D eigenvalue weighted by molar-refractivity contribution is 5.92. The Morgan fingerprint density at radius 1 is 1.25 bits per heavy atom. The highest BCUT2D eigenvalue weighted by atomic mass is 16.5. The van der Waals surface area contributed by atoms with Crippen LogP contribution in [0.5, 0.6) is 11.5 Å². The zero-order chi connectivity index (χ0) is 14.5. The van der Waals surface area contributed by atoms with Gasteiger partial charge in [0.05, 0.1) is 13.5 Å². The van der Waals surface area contributed by atoms with E-state index in [0.717, 1.165) is 11.1 Å². The molecule has 4 nitrogen and oxygen atoms in total. The number of phenolic OH excluding ortho intramolecular Hbond substituents is 1. The molecule has 0 aliphatic heterocycles. The van der Waals surface area contributed by atoms with Gasteiger partial charge in [-0.3, -0.25) is 4.79 Å². The van der Waals surface area contributed by atoms with Crippen LogP contribution in [0.2, 0.25) is 0 Å². The average Bonchev–Trinajstić information content (AvgIpc) is 2.43. The summed E-state index contributed by atoms with van der Waals surface area (Å²) >= 11 is 0. The molecule has 0 aliphatic rings. The molecule has 2 rings (SSSR count). The minimum absolute atomic E-state index is 0.155. The molecular formula is C16H17NO3. The van der Waals surface area contributed by atoms with E-state index < -0.39 is 0 Å². The Hall–Kier alpha value is -2.49. The highest BCUT2D eigenvalue weighted by Gasteiger charge is 2.09. The number of rotatable bonds is 4. The van der Waals surface area contributed by atoms with Crippen LogP contribution in [0.15, 0.2) is 42.5 Å². The molecule has 2 aromatic carbocycles. The quantitative estimate of drug-likeness (QED) is 0.899. The van der Waals surface area contributed by atoms with Gasteiger partial charge in [-0.05, 0) is 24.6 Å². The van der Waals surface area contributed by atoms with Crippen molar-refractivity contribution in [2.24, 2.45) is 0 Å². The molecule has 0 atom stereocenters. The Morgan fingerprint density at radius 2 is 2.00 bits per heavy atom. The van der Waals surface area contributed by atoms with Gasteiger partial charge >= 0.3 is 0 Å². The fourth-order valence-electron chi connectivity index (χ4n) is 1.91. The van der Waals surface area contributed by atoms with Crippen LogP contribution in [0.3, 0.4) is 0 Å². The maximum Gasteiger partial charge on any atom is 0.228 e. The summed E-state index contributed by atoms with van der Waals surface area (Å²) in [7, 11) is 1.58. The number of para-hydroxylation sites is 1. The number of ether oxygens (including phenoxy) is 1. The average molecular weight is 271 g/mol. The normalized spacial score (nSPS) is 10.1. The summed E-state index contributed by atoms with van der Waals surface area (Å²) in [6.07, 6.45) is 0.221. The third kappa shape index (κ3) is 3.29. The van der Waals surface area contributed by atoms with E-state index in [4.69, 9.17) is 4.74 Å². The first-order valence-corrected chi connectivity index (χ1v) is 6.31. The van der Waals surface area contributed by atoms with Crippen LogP contribution in [0.1, 0.15) is 11.1 Å². The topological polar surface area (TPSA) is 58.6 Å². The number of aromatic hydroxyl groups is 1. The van der Waals surface area contributed by atoms with E-state index >= 15 is 0 Å². The predicted molar refractivity (Wildman–Crippen MR) is 78.2 cm³/mol. The lowest BCUT2D eigenvalue weighted by Gasteiger charge is -2.09. The number of carbonyl (C=O) groups excluding carboxylic acids is 1. The van der Waals surface area contributed by atoms with Gasteiger partial charge in [0.15, 0.2) is 0 Å². The van der Waals surface area contributed by atoms with Gasteiger partial charge in [-0.15, -0.1) is 0 Å². The molecule has 0 aromatic heterocycles. The number of nitrogens with one attached hydrogen (secondary N) is 1. The number of amides is 1. The number of carbonyl (C=O) groups is 1. The first kappa shape index (κ1) is 13.9. The van der Waals surface area contributed by atoms with Crippen LogP contribution < -0.4 is 10.1 Å². The molecule has 0 heterocycles.